The lowest BCUT2D eigenvalue weighted by Crippen LogP contribution is -2.28. The van der Waals surface area contributed by atoms with Gasteiger partial charge >= 0.3 is 0 Å². The van der Waals surface area contributed by atoms with E-state index in [4.69, 9.17) is 5.26 Å². The van der Waals surface area contributed by atoms with Crippen molar-refractivity contribution < 1.29 is 9.18 Å². The number of nitrogens with zero attached hydrogens (tertiary/aromatic N) is 4. The van der Waals surface area contributed by atoms with Gasteiger partial charge in [-0.3, -0.25) is 4.79 Å². The summed E-state index contributed by atoms with van der Waals surface area (Å²) in [4.78, 5) is 17.2. The Morgan fingerprint density at radius 3 is 2.85 bits per heavy atom. The lowest BCUT2D eigenvalue weighted by molar-refractivity contribution is 0.0946. The van der Waals surface area contributed by atoms with E-state index in [1.54, 1.807) is 28.8 Å². The van der Waals surface area contributed by atoms with Crippen molar-refractivity contribution in [3.05, 3.63) is 70.9 Å². The Kier molecular flexibility index (Phi) is 5.14. The molecule has 0 radical (unpaired) electrons. The number of aryl methyl sites for hydroxylation is 2. The van der Waals surface area contributed by atoms with Crippen molar-refractivity contribution >= 4 is 11.6 Å². The van der Waals surface area contributed by atoms with E-state index in [-0.39, 0.29) is 0 Å². The Balaban J connectivity index is 1.94. The summed E-state index contributed by atoms with van der Waals surface area (Å²) in [5, 5.41) is 20.8. The van der Waals surface area contributed by atoms with Crippen molar-refractivity contribution in [2.75, 3.05) is 0 Å². The van der Waals surface area contributed by atoms with Crippen LogP contribution in [-0.2, 0) is 6.42 Å². The number of hydrogen-bond donors (Lipinski definition) is 1. The highest BCUT2D eigenvalue weighted by molar-refractivity contribution is 6.00. The number of hydrogen-bond acceptors (Lipinski definition) is 4. The van der Waals surface area contributed by atoms with E-state index in [2.05, 4.69) is 16.4 Å². The van der Waals surface area contributed by atoms with Crippen molar-refractivity contribution in [1.82, 2.24) is 14.7 Å². The molecule has 1 amide bonds. The number of aromatic nitrogens is 2. The molecular formula is C20H16FN5O. The van der Waals surface area contributed by atoms with Crippen LogP contribution in [0, 0.1) is 35.4 Å². The minimum Gasteiger partial charge on any atom is -0.332 e. The lowest BCUT2D eigenvalue weighted by atomic mass is 10.1. The Morgan fingerprint density at radius 1 is 1.33 bits per heavy atom. The third kappa shape index (κ3) is 3.63. The first-order valence-corrected chi connectivity index (χ1v) is 8.34. The molecule has 0 saturated carbocycles. The Bertz CT molecular complexity index is 1090. The summed E-state index contributed by atoms with van der Waals surface area (Å²) in [6, 6.07) is 12.0. The molecule has 0 saturated heterocycles. The van der Waals surface area contributed by atoms with Crippen LogP contribution in [0.3, 0.4) is 0 Å². The SMILES string of the molecule is Cc1nc2c(C(=O)NC(C#N)c3cccc(F)c3)cccn2c1CCC#N. The van der Waals surface area contributed by atoms with Gasteiger partial charge in [0.25, 0.3) is 5.91 Å². The molecule has 0 aliphatic rings. The quantitative estimate of drug-likeness (QED) is 0.755. The van der Waals surface area contributed by atoms with Crippen molar-refractivity contribution in [2.45, 2.75) is 25.8 Å². The molecule has 7 heteroatoms. The number of imidazole rings is 1. The van der Waals surface area contributed by atoms with E-state index in [0.717, 1.165) is 11.4 Å². The summed E-state index contributed by atoms with van der Waals surface area (Å²) in [6.07, 6.45) is 2.66. The van der Waals surface area contributed by atoms with Gasteiger partial charge in [0.15, 0.2) is 0 Å². The van der Waals surface area contributed by atoms with Crippen LogP contribution in [0.5, 0.6) is 0 Å². The van der Waals surface area contributed by atoms with Crippen LogP contribution in [0.2, 0.25) is 0 Å². The topological polar surface area (TPSA) is 94.0 Å². The number of rotatable bonds is 5. The highest BCUT2D eigenvalue weighted by atomic mass is 19.1. The zero-order chi connectivity index (χ0) is 19.4. The fraction of sp³-hybridized carbons (Fsp3) is 0.200. The van der Waals surface area contributed by atoms with Gasteiger partial charge in [0.05, 0.1) is 23.4 Å². The average molecular weight is 361 g/mol. The Hall–Kier alpha value is -3.71. The summed E-state index contributed by atoms with van der Waals surface area (Å²) in [6.45, 7) is 1.83. The molecule has 6 nitrogen and oxygen atoms in total. The molecule has 3 aromatic rings. The van der Waals surface area contributed by atoms with Gasteiger partial charge in [0.1, 0.15) is 17.5 Å². The number of benzene rings is 1. The number of carbonyl (C=O) groups excluding carboxylic acids is 1. The Labute approximate surface area is 155 Å². The molecule has 1 aromatic carbocycles. The van der Waals surface area contributed by atoms with Crippen LogP contribution in [0.15, 0.2) is 42.6 Å². The highest BCUT2D eigenvalue weighted by Gasteiger charge is 2.20. The molecule has 0 spiro atoms. The minimum atomic E-state index is -0.984. The predicted molar refractivity (Wildman–Crippen MR) is 96.1 cm³/mol. The van der Waals surface area contributed by atoms with Gasteiger partial charge in [-0.1, -0.05) is 12.1 Å². The van der Waals surface area contributed by atoms with Gasteiger partial charge in [-0.25, -0.2) is 9.37 Å². The minimum absolute atomic E-state index is 0.306. The van der Waals surface area contributed by atoms with E-state index >= 15 is 0 Å². The second-order valence-corrected chi connectivity index (χ2v) is 6.01. The van der Waals surface area contributed by atoms with Crippen molar-refractivity contribution in [1.29, 1.82) is 10.5 Å². The zero-order valence-electron chi connectivity index (χ0n) is 14.6. The average Bonchev–Trinajstić information content (AvgIpc) is 2.99. The molecule has 0 aliphatic heterocycles. The van der Waals surface area contributed by atoms with Gasteiger partial charge in [-0.15, -0.1) is 0 Å². The third-order valence-electron chi connectivity index (χ3n) is 4.25. The fourth-order valence-corrected chi connectivity index (χ4v) is 2.97. The van der Waals surface area contributed by atoms with Gasteiger partial charge < -0.3 is 9.72 Å². The predicted octanol–water partition coefficient (Wildman–Crippen LogP) is 3.23. The number of halogens is 1. The smallest absolute Gasteiger partial charge is 0.256 e. The maximum atomic E-state index is 13.4. The van der Waals surface area contributed by atoms with E-state index in [1.165, 1.54) is 18.2 Å². The summed E-state index contributed by atoms with van der Waals surface area (Å²) in [5.41, 5.74) is 2.74. The number of nitriles is 2. The zero-order valence-corrected chi connectivity index (χ0v) is 14.6. The lowest BCUT2D eigenvalue weighted by Gasteiger charge is -2.12. The van der Waals surface area contributed by atoms with Crippen LogP contribution in [0.25, 0.3) is 5.65 Å². The summed E-state index contributed by atoms with van der Waals surface area (Å²) in [5.74, 6) is -0.955. The first-order valence-electron chi connectivity index (χ1n) is 8.34. The normalized spacial score (nSPS) is 11.6. The van der Waals surface area contributed by atoms with Crippen LogP contribution < -0.4 is 5.32 Å². The standard InChI is InChI=1S/C20H16FN5O/c1-13-18(8-3-9-22)26-10-4-7-16(19(26)24-13)20(27)25-17(12-23)14-5-2-6-15(21)11-14/h2,4-7,10-11,17H,3,8H2,1H3,(H,25,27). The summed E-state index contributed by atoms with van der Waals surface area (Å²) < 4.78 is 15.2. The monoisotopic (exact) mass is 361 g/mol. The first-order chi connectivity index (χ1) is 13.0. The van der Waals surface area contributed by atoms with E-state index in [0.29, 0.717) is 29.6 Å². The molecule has 0 fully saturated rings. The van der Waals surface area contributed by atoms with Gasteiger partial charge in [0.2, 0.25) is 0 Å². The molecular weight excluding hydrogens is 345 g/mol. The van der Waals surface area contributed by atoms with E-state index in [1.807, 2.05) is 13.0 Å². The maximum absolute atomic E-state index is 13.4. The Morgan fingerprint density at radius 2 is 2.15 bits per heavy atom. The molecule has 1 unspecified atom stereocenters. The summed E-state index contributed by atoms with van der Waals surface area (Å²) >= 11 is 0. The van der Waals surface area contributed by atoms with Crippen LogP contribution >= 0.6 is 0 Å². The largest absolute Gasteiger partial charge is 0.332 e. The van der Waals surface area contributed by atoms with Crippen LogP contribution in [0.1, 0.15) is 39.8 Å². The van der Waals surface area contributed by atoms with Gasteiger partial charge in [-0.2, -0.15) is 10.5 Å². The van der Waals surface area contributed by atoms with Crippen LogP contribution in [0.4, 0.5) is 4.39 Å². The number of nitrogens with one attached hydrogen (secondary N) is 1. The second kappa shape index (κ2) is 7.67. The molecule has 1 N–H and O–H groups in total. The number of fused-ring (bicyclic) bond motifs is 1. The third-order valence-corrected chi connectivity index (χ3v) is 4.25. The molecule has 0 aliphatic carbocycles. The van der Waals surface area contributed by atoms with E-state index in [9.17, 15) is 14.4 Å². The number of pyridine rings is 1. The second-order valence-electron chi connectivity index (χ2n) is 6.01. The van der Waals surface area contributed by atoms with Gasteiger partial charge in [0, 0.05) is 24.7 Å². The number of amides is 1. The van der Waals surface area contributed by atoms with Crippen molar-refractivity contribution in [3.8, 4) is 12.1 Å². The fourth-order valence-electron chi connectivity index (χ4n) is 2.97. The van der Waals surface area contributed by atoms with Crippen molar-refractivity contribution in [2.24, 2.45) is 0 Å². The number of carbonyl (C=O) groups is 1. The van der Waals surface area contributed by atoms with Crippen LogP contribution in [-0.4, -0.2) is 15.3 Å². The highest BCUT2D eigenvalue weighted by Crippen LogP contribution is 2.19. The molecule has 2 heterocycles. The summed E-state index contributed by atoms with van der Waals surface area (Å²) in [7, 11) is 0. The maximum Gasteiger partial charge on any atom is 0.256 e. The van der Waals surface area contributed by atoms with Gasteiger partial charge in [-0.05, 0) is 36.8 Å². The molecule has 0 bridgehead atoms. The first kappa shape index (κ1) is 18.1. The molecule has 1 atom stereocenters. The van der Waals surface area contributed by atoms with E-state index < -0.39 is 17.8 Å². The molecule has 27 heavy (non-hydrogen) atoms. The van der Waals surface area contributed by atoms with Crippen molar-refractivity contribution in [3.63, 3.8) is 0 Å². The molecule has 3 rings (SSSR count). The molecule has 2 aromatic heterocycles. The molecule has 134 valence electrons.